The van der Waals surface area contributed by atoms with Crippen LogP contribution in [0.1, 0.15) is 24.1 Å². The van der Waals surface area contributed by atoms with Crippen LogP contribution in [0.25, 0.3) is 0 Å². The molecule has 2 aromatic carbocycles. The summed E-state index contributed by atoms with van der Waals surface area (Å²) in [6.07, 6.45) is 3.28. The van der Waals surface area contributed by atoms with Crippen molar-refractivity contribution in [2.45, 2.75) is 13.0 Å². The van der Waals surface area contributed by atoms with E-state index in [1.165, 1.54) is 0 Å². The van der Waals surface area contributed by atoms with Crippen LogP contribution in [0.3, 0.4) is 0 Å². The highest BCUT2D eigenvalue weighted by Gasteiger charge is 2.14. The molecule has 0 saturated carbocycles. The van der Waals surface area contributed by atoms with Crippen molar-refractivity contribution in [3.05, 3.63) is 83.9 Å². The van der Waals surface area contributed by atoms with Gasteiger partial charge in [-0.25, -0.2) is 0 Å². The zero-order valence-electron chi connectivity index (χ0n) is 10.9. The lowest BCUT2D eigenvalue weighted by atomic mass is 9.99. The first-order valence-corrected chi connectivity index (χ1v) is 6.34. The van der Waals surface area contributed by atoms with Gasteiger partial charge in [-0.05, 0) is 24.1 Å². The second-order valence-electron chi connectivity index (χ2n) is 4.26. The summed E-state index contributed by atoms with van der Waals surface area (Å²) in [5, 5.41) is 3.02. The number of rotatable bonds is 4. The third-order valence-electron chi connectivity index (χ3n) is 2.87. The van der Waals surface area contributed by atoms with Crippen molar-refractivity contribution in [2.75, 3.05) is 0 Å². The van der Waals surface area contributed by atoms with E-state index in [2.05, 4.69) is 5.32 Å². The molecule has 0 heterocycles. The van der Waals surface area contributed by atoms with Crippen LogP contribution < -0.4 is 5.32 Å². The molecular weight excluding hydrogens is 234 g/mol. The van der Waals surface area contributed by atoms with Gasteiger partial charge < -0.3 is 5.32 Å². The molecule has 0 radical (unpaired) electrons. The Morgan fingerprint density at radius 3 is 1.84 bits per heavy atom. The lowest BCUT2D eigenvalue weighted by Crippen LogP contribution is -2.27. The summed E-state index contributed by atoms with van der Waals surface area (Å²) in [4.78, 5) is 11.8. The second-order valence-corrected chi connectivity index (χ2v) is 4.26. The summed E-state index contributed by atoms with van der Waals surface area (Å²) in [5.41, 5.74) is 2.15. The third-order valence-corrected chi connectivity index (χ3v) is 2.87. The number of carbonyl (C=O) groups is 1. The monoisotopic (exact) mass is 251 g/mol. The van der Waals surface area contributed by atoms with Gasteiger partial charge in [-0.2, -0.15) is 0 Å². The molecule has 96 valence electrons. The van der Waals surface area contributed by atoms with Gasteiger partial charge in [0.15, 0.2) is 0 Å². The van der Waals surface area contributed by atoms with Crippen molar-refractivity contribution in [1.29, 1.82) is 0 Å². The smallest absolute Gasteiger partial charge is 0.244 e. The predicted octanol–water partition coefficient (Wildman–Crippen LogP) is 3.47. The normalized spacial score (nSPS) is 10.8. The van der Waals surface area contributed by atoms with Crippen LogP contribution in [0, 0.1) is 0 Å². The summed E-state index contributed by atoms with van der Waals surface area (Å²) in [7, 11) is 0. The molecule has 2 heteroatoms. The van der Waals surface area contributed by atoms with Crippen molar-refractivity contribution < 1.29 is 4.79 Å². The Morgan fingerprint density at radius 2 is 1.42 bits per heavy atom. The van der Waals surface area contributed by atoms with Gasteiger partial charge in [0.2, 0.25) is 5.91 Å². The van der Waals surface area contributed by atoms with Crippen molar-refractivity contribution in [3.8, 4) is 0 Å². The SMILES string of the molecule is CC=CC(=O)NC(c1ccccc1)c1ccccc1. The highest BCUT2D eigenvalue weighted by atomic mass is 16.1. The van der Waals surface area contributed by atoms with E-state index < -0.39 is 0 Å². The average Bonchev–Trinajstić information content (AvgIpc) is 2.47. The van der Waals surface area contributed by atoms with Gasteiger partial charge in [0.25, 0.3) is 0 Å². The number of benzene rings is 2. The Kier molecular flexibility index (Phi) is 4.51. The van der Waals surface area contributed by atoms with Gasteiger partial charge >= 0.3 is 0 Å². The molecule has 0 unspecified atom stereocenters. The van der Waals surface area contributed by atoms with E-state index in [0.717, 1.165) is 11.1 Å². The molecule has 0 bridgehead atoms. The number of allylic oxidation sites excluding steroid dienone is 1. The lowest BCUT2D eigenvalue weighted by Gasteiger charge is -2.19. The Morgan fingerprint density at radius 1 is 0.947 bits per heavy atom. The molecule has 0 spiro atoms. The molecule has 0 aliphatic heterocycles. The van der Waals surface area contributed by atoms with Crippen molar-refractivity contribution >= 4 is 5.91 Å². The van der Waals surface area contributed by atoms with Crippen LogP contribution in [0.15, 0.2) is 72.8 Å². The maximum atomic E-state index is 11.8. The summed E-state index contributed by atoms with van der Waals surface area (Å²) < 4.78 is 0. The van der Waals surface area contributed by atoms with E-state index in [1.807, 2.05) is 67.6 Å². The number of amides is 1. The molecule has 0 saturated heterocycles. The van der Waals surface area contributed by atoms with Crippen LogP contribution in [-0.4, -0.2) is 5.91 Å². The van der Waals surface area contributed by atoms with Gasteiger partial charge in [-0.1, -0.05) is 66.7 Å². The third kappa shape index (κ3) is 3.55. The fraction of sp³-hybridized carbons (Fsp3) is 0.118. The molecular formula is C17H17NO. The number of carbonyl (C=O) groups excluding carboxylic acids is 1. The van der Waals surface area contributed by atoms with E-state index in [9.17, 15) is 4.79 Å². The standard InChI is InChI=1S/C17H17NO/c1-2-9-16(19)18-17(14-10-5-3-6-11-14)15-12-7-4-8-13-15/h2-13,17H,1H3,(H,18,19). The van der Waals surface area contributed by atoms with Crippen LogP contribution in [0.2, 0.25) is 0 Å². The van der Waals surface area contributed by atoms with E-state index in [4.69, 9.17) is 0 Å². The minimum Gasteiger partial charge on any atom is -0.342 e. The number of hydrogen-bond donors (Lipinski definition) is 1. The van der Waals surface area contributed by atoms with Crippen molar-refractivity contribution in [3.63, 3.8) is 0 Å². The minimum absolute atomic E-state index is 0.0831. The predicted molar refractivity (Wildman–Crippen MR) is 77.7 cm³/mol. The highest BCUT2D eigenvalue weighted by molar-refractivity contribution is 5.88. The van der Waals surface area contributed by atoms with Crippen LogP contribution in [0.5, 0.6) is 0 Å². The van der Waals surface area contributed by atoms with Gasteiger partial charge in [0.05, 0.1) is 6.04 Å². The van der Waals surface area contributed by atoms with Crippen molar-refractivity contribution in [2.24, 2.45) is 0 Å². The molecule has 0 aliphatic carbocycles. The van der Waals surface area contributed by atoms with E-state index in [0.29, 0.717) is 0 Å². The molecule has 0 fully saturated rings. The Bertz CT molecular complexity index is 506. The Labute approximate surface area is 113 Å². The van der Waals surface area contributed by atoms with E-state index >= 15 is 0 Å². The van der Waals surface area contributed by atoms with Crippen LogP contribution >= 0.6 is 0 Å². The van der Waals surface area contributed by atoms with Crippen LogP contribution in [-0.2, 0) is 4.79 Å². The maximum absolute atomic E-state index is 11.8. The molecule has 19 heavy (non-hydrogen) atoms. The van der Waals surface area contributed by atoms with Gasteiger partial charge in [0, 0.05) is 0 Å². The molecule has 0 aromatic heterocycles. The first kappa shape index (κ1) is 13.1. The quantitative estimate of drug-likeness (QED) is 0.828. The zero-order chi connectivity index (χ0) is 13.5. The van der Waals surface area contributed by atoms with Crippen molar-refractivity contribution in [1.82, 2.24) is 5.32 Å². The minimum atomic E-state index is -0.119. The molecule has 2 aromatic rings. The fourth-order valence-electron chi connectivity index (χ4n) is 1.99. The summed E-state index contributed by atoms with van der Waals surface area (Å²) in [6.45, 7) is 1.83. The molecule has 0 atom stereocenters. The first-order valence-electron chi connectivity index (χ1n) is 6.34. The lowest BCUT2D eigenvalue weighted by molar-refractivity contribution is -0.117. The van der Waals surface area contributed by atoms with Gasteiger partial charge in [-0.3, -0.25) is 4.79 Å². The highest BCUT2D eigenvalue weighted by Crippen LogP contribution is 2.21. The second kappa shape index (κ2) is 6.55. The Hall–Kier alpha value is -2.35. The maximum Gasteiger partial charge on any atom is 0.244 e. The number of nitrogens with one attached hydrogen (secondary N) is 1. The summed E-state index contributed by atoms with van der Waals surface area (Å²) in [6, 6.07) is 19.8. The summed E-state index contributed by atoms with van der Waals surface area (Å²) in [5.74, 6) is -0.0831. The summed E-state index contributed by atoms with van der Waals surface area (Å²) >= 11 is 0. The average molecular weight is 251 g/mol. The molecule has 2 rings (SSSR count). The molecule has 0 aliphatic rings. The number of hydrogen-bond acceptors (Lipinski definition) is 1. The zero-order valence-corrected chi connectivity index (χ0v) is 10.9. The molecule has 1 N–H and O–H groups in total. The van der Waals surface area contributed by atoms with E-state index in [-0.39, 0.29) is 11.9 Å². The van der Waals surface area contributed by atoms with Gasteiger partial charge in [-0.15, -0.1) is 0 Å². The topological polar surface area (TPSA) is 29.1 Å². The molecule has 1 amide bonds. The first-order chi connectivity index (χ1) is 9.31. The fourth-order valence-corrected chi connectivity index (χ4v) is 1.99. The van der Waals surface area contributed by atoms with E-state index in [1.54, 1.807) is 12.2 Å². The largest absolute Gasteiger partial charge is 0.342 e. The van der Waals surface area contributed by atoms with Gasteiger partial charge in [0.1, 0.15) is 0 Å². The molecule has 2 nitrogen and oxygen atoms in total. The Balaban J connectivity index is 2.32. The van der Waals surface area contributed by atoms with Crippen LogP contribution in [0.4, 0.5) is 0 Å².